The van der Waals surface area contributed by atoms with Crippen molar-refractivity contribution in [3.63, 3.8) is 0 Å². The van der Waals surface area contributed by atoms with Crippen LogP contribution in [0.2, 0.25) is 0 Å². The predicted octanol–water partition coefficient (Wildman–Crippen LogP) is 1.68. The number of β-lactam (4-membered cyclic amide) rings is 1. The lowest BCUT2D eigenvalue weighted by Gasteiger charge is -2.49. The zero-order valence-corrected chi connectivity index (χ0v) is 25.2. The first-order valence-corrected chi connectivity index (χ1v) is 14.5. The number of fused-ring (bicyclic) bond motifs is 1. The van der Waals surface area contributed by atoms with Crippen molar-refractivity contribution in [2.24, 2.45) is 5.16 Å². The fraction of sp³-hybridized carbons (Fsp3) is 0.375. The number of thioether (sulfide) groups is 1. The SMILES string of the molecule is CC(C)(C)OC(=O)CON=C(C(=O)NC1C(=O)N2C(C(=O)OCc3ccc([N+](=O)[O-])cc3)=C(Cl)CS[C@@H]12)c1nsc(N)n1. The van der Waals surface area contributed by atoms with E-state index in [2.05, 4.69) is 19.8 Å². The summed E-state index contributed by atoms with van der Waals surface area (Å²) < 4.78 is 14.4. The lowest BCUT2D eigenvalue weighted by atomic mass is 10.0. The number of nitrogens with zero attached hydrogens (tertiary/aromatic N) is 5. The molecule has 2 atom stereocenters. The molecular formula is C24H24ClN7O9S2. The van der Waals surface area contributed by atoms with Gasteiger partial charge in [-0.2, -0.15) is 9.36 Å². The molecule has 3 heterocycles. The van der Waals surface area contributed by atoms with Crippen molar-refractivity contribution in [3.05, 3.63) is 56.5 Å². The van der Waals surface area contributed by atoms with Crippen molar-refractivity contribution in [1.29, 1.82) is 0 Å². The van der Waals surface area contributed by atoms with Crippen molar-refractivity contribution in [1.82, 2.24) is 19.6 Å². The highest BCUT2D eigenvalue weighted by atomic mass is 35.5. The average molecular weight is 654 g/mol. The van der Waals surface area contributed by atoms with E-state index in [1.807, 2.05) is 0 Å². The summed E-state index contributed by atoms with van der Waals surface area (Å²) in [5.41, 5.74) is 4.61. The number of nitro benzene ring substituents is 1. The van der Waals surface area contributed by atoms with Crippen LogP contribution in [-0.2, 0) is 40.1 Å². The number of carbonyl (C=O) groups excluding carboxylic acids is 4. The molecule has 1 unspecified atom stereocenters. The standard InChI is InChI=1S/C24H24ClN7O9S2/c1-24(2,3)41-14(33)9-40-29-15(18-28-23(26)43-30-18)19(34)27-16-20(35)31-17(13(25)10-42-21(16)31)22(36)39-8-11-4-6-12(7-5-11)32(37)38/h4-7,16,21H,8-10H2,1-3H3,(H,27,34)(H2,26,28,30)/t16?,21-/m0/s1. The number of nitrogen functional groups attached to an aromatic ring is 1. The molecule has 0 radical (unpaired) electrons. The van der Waals surface area contributed by atoms with Gasteiger partial charge in [0.25, 0.3) is 17.5 Å². The zero-order valence-electron chi connectivity index (χ0n) is 22.8. The Morgan fingerprint density at radius 1 is 1.28 bits per heavy atom. The lowest BCUT2D eigenvalue weighted by Crippen LogP contribution is -2.71. The minimum atomic E-state index is -1.09. The van der Waals surface area contributed by atoms with E-state index in [9.17, 15) is 29.3 Å². The Morgan fingerprint density at radius 2 is 1.98 bits per heavy atom. The van der Waals surface area contributed by atoms with E-state index in [-0.39, 0.29) is 39.7 Å². The van der Waals surface area contributed by atoms with Crippen molar-refractivity contribution in [3.8, 4) is 0 Å². The molecule has 3 N–H and O–H groups in total. The summed E-state index contributed by atoms with van der Waals surface area (Å²) in [4.78, 5) is 71.5. The number of anilines is 1. The number of benzene rings is 1. The number of hydrogen-bond donors (Lipinski definition) is 2. The van der Waals surface area contributed by atoms with Gasteiger partial charge in [0.05, 0.1) is 9.96 Å². The van der Waals surface area contributed by atoms with Gasteiger partial charge < -0.3 is 25.4 Å². The maximum atomic E-state index is 13.2. The molecule has 4 rings (SSSR count). The maximum absolute atomic E-state index is 13.2. The molecule has 2 aliphatic rings. The van der Waals surface area contributed by atoms with Crippen LogP contribution < -0.4 is 11.1 Å². The molecular weight excluding hydrogens is 630 g/mol. The van der Waals surface area contributed by atoms with Crippen LogP contribution in [-0.4, -0.2) is 78.0 Å². The number of amides is 2. The number of nitrogens with two attached hydrogens (primary N) is 1. The number of carbonyl (C=O) groups is 4. The van der Waals surface area contributed by atoms with Gasteiger partial charge in [-0.25, -0.2) is 9.59 Å². The molecule has 1 aromatic heterocycles. The summed E-state index contributed by atoms with van der Waals surface area (Å²) in [7, 11) is 0. The Labute approximate surface area is 256 Å². The normalized spacial score (nSPS) is 18.4. The quantitative estimate of drug-likeness (QED) is 0.123. The second-order valence-corrected chi connectivity index (χ2v) is 12.2. The van der Waals surface area contributed by atoms with E-state index < -0.39 is 58.0 Å². The number of aromatic nitrogens is 2. The molecule has 0 bridgehead atoms. The number of halogens is 1. The van der Waals surface area contributed by atoms with Crippen molar-refractivity contribution in [2.75, 3.05) is 18.1 Å². The molecule has 2 amide bonds. The molecule has 1 fully saturated rings. The van der Waals surface area contributed by atoms with E-state index in [0.717, 1.165) is 16.4 Å². The molecule has 16 nitrogen and oxygen atoms in total. The summed E-state index contributed by atoms with van der Waals surface area (Å²) in [5.74, 6) is -3.21. The third kappa shape index (κ3) is 7.57. The van der Waals surface area contributed by atoms with Gasteiger partial charge in [0.2, 0.25) is 18.1 Å². The predicted molar refractivity (Wildman–Crippen MR) is 153 cm³/mol. The number of oxime groups is 1. The summed E-state index contributed by atoms with van der Waals surface area (Å²) >= 11 is 8.28. The number of esters is 2. The topological polar surface area (TPSA) is 219 Å². The first-order valence-electron chi connectivity index (χ1n) is 12.3. The number of hydrogen-bond acceptors (Lipinski definition) is 15. The smallest absolute Gasteiger partial charge is 0.356 e. The van der Waals surface area contributed by atoms with Gasteiger partial charge in [-0.15, -0.1) is 11.8 Å². The molecule has 19 heteroatoms. The molecule has 1 saturated heterocycles. The lowest BCUT2D eigenvalue weighted by molar-refractivity contribution is -0.384. The molecule has 43 heavy (non-hydrogen) atoms. The van der Waals surface area contributed by atoms with Crippen LogP contribution in [0.3, 0.4) is 0 Å². The van der Waals surface area contributed by atoms with Crippen LogP contribution in [0.4, 0.5) is 10.8 Å². The van der Waals surface area contributed by atoms with Gasteiger partial charge in [-0.1, -0.05) is 16.8 Å². The molecule has 0 aliphatic carbocycles. The third-order valence-electron chi connectivity index (χ3n) is 5.55. The van der Waals surface area contributed by atoms with Crippen molar-refractivity contribution >= 4 is 75.2 Å². The highest BCUT2D eigenvalue weighted by Crippen LogP contribution is 2.41. The first kappa shape index (κ1) is 31.6. The monoisotopic (exact) mass is 653 g/mol. The third-order valence-corrected chi connectivity index (χ3v) is 7.84. The Hall–Kier alpha value is -4.29. The van der Waals surface area contributed by atoms with E-state index in [1.165, 1.54) is 36.0 Å². The van der Waals surface area contributed by atoms with Crippen molar-refractivity contribution in [2.45, 2.75) is 44.4 Å². The number of ether oxygens (including phenoxy) is 2. The summed E-state index contributed by atoms with van der Waals surface area (Å²) in [6.07, 6.45) is 0. The molecule has 2 aromatic rings. The van der Waals surface area contributed by atoms with Crippen LogP contribution in [0.5, 0.6) is 0 Å². The van der Waals surface area contributed by atoms with Gasteiger partial charge in [0, 0.05) is 29.4 Å². The van der Waals surface area contributed by atoms with E-state index >= 15 is 0 Å². The minimum absolute atomic E-state index is 0.0352. The van der Waals surface area contributed by atoms with Gasteiger partial charge in [-0.3, -0.25) is 24.6 Å². The summed E-state index contributed by atoms with van der Waals surface area (Å²) in [6.45, 7) is 4.17. The zero-order chi connectivity index (χ0) is 31.5. The molecule has 2 aliphatic heterocycles. The highest BCUT2D eigenvalue weighted by Gasteiger charge is 2.54. The second kappa shape index (κ2) is 12.9. The number of nitro groups is 1. The Morgan fingerprint density at radius 3 is 2.58 bits per heavy atom. The minimum Gasteiger partial charge on any atom is -0.457 e. The van der Waals surface area contributed by atoms with Crippen LogP contribution >= 0.6 is 34.9 Å². The molecule has 228 valence electrons. The van der Waals surface area contributed by atoms with Gasteiger partial charge in [-0.05, 0) is 38.5 Å². The molecule has 1 aromatic carbocycles. The first-order chi connectivity index (χ1) is 20.2. The van der Waals surface area contributed by atoms with Crippen molar-refractivity contribution < 1.29 is 38.4 Å². The largest absolute Gasteiger partial charge is 0.457 e. The fourth-order valence-electron chi connectivity index (χ4n) is 3.75. The number of non-ortho nitro benzene ring substituents is 1. The number of nitrogens with one attached hydrogen (secondary N) is 1. The molecule has 0 spiro atoms. The van der Waals surface area contributed by atoms with Crippen LogP contribution in [0.25, 0.3) is 0 Å². The summed E-state index contributed by atoms with van der Waals surface area (Å²) in [5, 5.41) is 16.5. The van der Waals surface area contributed by atoms with Crippen LogP contribution in [0.1, 0.15) is 32.2 Å². The molecule has 0 saturated carbocycles. The van der Waals surface area contributed by atoms with E-state index in [1.54, 1.807) is 20.8 Å². The second-order valence-electron chi connectivity index (χ2n) is 9.87. The summed E-state index contributed by atoms with van der Waals surface area (Å²) in [6, 6.07) is 4.31. The van der Waals surface area contributed by atoms with Crippen LogP contribution in [0, 0.1) is 10.1 Å². The van der Waals surface area contributed by atoms with Crippen LogP contribution in [0.15, 0.2) is 40.2 Å². The highest BCUT2D eigenvalue weighted by molar-refractivity contribution is 8.00. The number of rotatable bonds is 10. The van der Waals surface area contributed by atoms with E-state index in [4.69, 9.17) is 31.6 Å². The maximum Gasteiger partial charge on any atom is 0.356 e. The Kier molecular flexibility index (Phi) is 9.51. The van der Waals surface area contributed by atoms with Gasteiger partial charge >= 0.3 is 11.9 Å². The van der Waals surface area contributed by atoms with Gasteiger partial charge in [0.15, 0.2) is 5.13 Å². The fourth-order valence-corrected chi connectivity index (χ4v) is 5.73. The van der Waals surface area contributed by atoms with E-state index in [0.29, 0.717) is 5.56 Å². The Balaban J connectivity index is 1.42. The average Bonchev–Trinajstić information content (AvgIpc) is 3.37. The van der Waals surface area contributed by atoms with Gasteiger partial charge in [0.1, 0.15) is 29.3 Å². The Bertz CT molecular complexity index is 1520.